The second-order valence-electron chi connectivity index (χ2n) is 24.1. The predicted octanol–water partition coefficient (Wildman–Crippen LogP) is 4.63. The molecule has 2 aliphatic heterocycles. The summed E-state index contributed by atoms with van der Waals surface area (Å²) < 4.78 is 33.2. The second-order valence-corrected chi connectivity index (χ2v) is 24.1. The van der Waals surface area contributed by atoms with Crippen molar-refractivity contribution in [2.24, 2.45) is 0 Å². The van der Waals surface area contributed by atoms with Crippen LogP contribution >= 0.6 is 0 Å². The lowest BCUT2D eigenvalue weighted by atomic mass is 9.81. The molecule has 0 spiro atoms. The van der Waals surface area contributed by atoms with Crippen LogP contribution in [0.4, 0.5) is 9.18 Å². The van der Waals surface area contributed by atoms with Gasteiger partial charge in [0.2, 0.25) is 35.4 Å². The number of cyclic esters (lactones) is 1. The van der Waals surface area contributed by atoms with Crippen LogP contribution in [0.15, 0.2) is 95.8 Å². The van der Waals surface area contributed by atoms with Gasteiger partial charge in [0.25, 0.3) is 5.56 Å². The minimum absolute atomic E-state index is 0.0144. The maximum atomic E-state index is 15.5. The summed E-state index contributed by atoms with van der Waals surface area (Å²) in [5.74, 6) is -6.42. The number of carbonyl (C=O) groups is 9. The monoisotopic (exact) mass is 1250 g/mol. The number of fused-ring (bicyclic) bond motifs is 8. The largest absolute Gasteiger partial charge is 0.460 e. The van der Waals surface area contributed by atoms with Gasteiger partial charge in [-0.1, -0.05) is 85.8 Å². The third-order valence-electron chi connectivity index (χ3n) is 16.8. The fourth-order valence-electron chi connectivity index (χ4n) is 12.3. The van der Waals surface area contributed by atoms with Crippen molar-refractivity contribution < 1.29 is 66.9 Å². The van der Waals surface area contributed by atoms with Crippen LogP contribution in [-0.4, -0.2) is 119 Å². The lowest BCUT2D eigenvalue weighted by Gasteiger charge is -2.31. The molecule has 10 rings (SSSR count). The smallest absolute Gasteiger partial charge is 0.407 e. The molecular weight excluding hydrogens is 1170 g/mol. The number of ether oxygens (including phenoxy) is 3. The van der Waals surface area contributed by atoms with E-state index in [4.69, 9.17) is 19.2 Å². The number of esters is 2. The van der Waals surface area contributed by atoms with Crippen LogP contribution in [0.1, 0.15) is 128 Å². The highest BCUT2D eigenvalue weighted by molar-refractivity contribution is 5.96. The molecule has 6 aromatic rings. The van der Waals surface area contributed by atoms with Crippen LogP contribution in [-0.2, 0) is 84.2 Å². The summed E-state index contributed by atoms with van der Waals surface area (Å²) >= 11 is 0. The minimum Gasteiger partial charge on any atom is -0.460 e. The van der Waals surface area contributed by atoms with E-state index >= 15 is 4.39 Å². The molecule has 0 radical (unpaired) electrons. The zero-order chi connectivity index (χ0) is 64.9. The van der Waals surface area contributed by atoms with E-state index in [-0.39, 0.29) is 68.5 Å². The summed E-state index contributed by atoms with van der Waals surface area (Å²) in [5.41, 5.74) is 5.22. The molecule has 0 saturated carbocycles. The number of unbranched alkanes of at least 4 members (excludes halogenated alkanes) is 1. The Kier molecular flexibility index (Phi) is 19.1. The van der Waals surface area contributed by atoms with Crippen molar-refractivity contribution in [3.63, 3.8) is 0 Å². The number of amides is 7. The van der Waals surface area contributed by atoms with Crippen molar-refractivity contribution in [1.82, 2.24) is 46.8 Å². The van der Waals surface area contributed by atoms with Crippen molar-refractivity contribution in [2.45, 2.75) is 134 Å². The van der Waals surface area contributed by atoms with E-state index in [0.717, 1.165) is 33.4 Å². The molecule has 0 bridgehead atoms. The van der Waals surface area contributed by atoms with E-state index in [0.29, 0.717) is 64.7 Å². The lowest BCUT2D eigenvalue weighted by Crippen LogP contribution is -2.53. The quantitative estimate of drug-likeness (QED) is 0.0246. The number of halogens is 1. The van der Waals surface area contributed by atoms with Crippen LogP contribution in [0.5, 0.6) is 0 Å². The highest BCUT2D eigenvalue weighted by Gasteiger charge is 2.46. The summed E-state index contributed by atoms with van der Waals surface area (Å²) in [6.45, 7) is 6.34. The average Bonchev–Trinajstić information content (AvgIpc) is 1.64. The number of aromatic nitrogens is 2. The van der Waals surface area contributed by atoms with Gasteiger partial charge in [-0.25, -0.2) is 19.0 Å². The number of pyridine rings is 2. The fourth-order valence-corrected chi connectivity index (χ4v) is 12.3. The normalized spacial score (nSPS) is 16.5. The van der Waals surface area contributed by atoms with E-state index in [1.165, 1.54) is 10.6 Å². The first-order valence-corrected chi connectivity index (χ1v) is 30.4. The van der Waals surface area contributed by atoms with Crippen LogP contribution in [0, 0.1) is 12.7 Å². The van der Waals surface area contributed by atoms with E-state index < -0.39 is 114 Å². The Morgan fingerprint density at radius 2 is 1.43 bits per heavy atom. The van der Waals surface area contributed by atoms with Gasteiger partial charge < -0.3 is 61.1 Å². The average molecular weight is 1250 g/mol. The molecule has 4 atom stereocenters. The molecule has 91 heavy (non-hydrogen) atoms. The number of alkyl carbamates (subject to hydrolysis) is 1. The molecule has 24 heteroatoms. The van der Waals surface area contributed by atoms with Crippen molar-refractivity contribution in [2.75, 3.05) is 32.8 Å². The van der Waals surface area contributed by atoms with Gasteiger partial charge in [-0.05, 0) is 110 Å². The van der Waals surface area contributed by atoms with Crippen LogP contribution in [0.3, 0.4) is 0 Å². The number of aliphatic hydroxyl groups is 1. The van der Waals surface area contributed by atoms with Gasteiger partial charge in [0, 0.05) is 47.9 Å². The Bertz CT molecular complexity index is 3930. The maximum absolute atomic E-state index is 15.5. The molecule has 0 unspecified atom stereocenters. The van der Waals surface area contributed by atoms with Crippen molar-refractivity contribution in [3.8, 4) is 22.5 Å². The Hall–Kier alpha value is -9.84. The Labute approximate surface area is 523 Å². The number of aryl methyl sites for hydroxylation is 1. The number of hydrogen-bond donors (Lipinski definition) is 8. The molecule has 4 heterocycles. The molecule has 4 aliphatic rings. The zero-order valence-electron chi connectivity index (χ0n) is 51.1. The van der Waals surface area contributed by atoms with E-state index in [1.807, 2.05) is 48.5 Å². The van der Waals surface area contributed by atoms with Gasteiger partial charge in [0.15, 0.2) is 5.60 Å². The molecule has 0 saturated heterocycles. The predicted molar refractivity (Wildman–Crippen MR) is 329 cm³/mol. The standard InChI is InChI=1S/C67H72FN9O14/c1-6-67(88)46-27-52-60-43(33-77(52)63(85)45(46)35-89-64(67)86)59-48(24-23-38-36(2)47(68)28-49(75-60)58(38)59)73-53(78)22-14-15-25-69-54(79)30-71-61(83)50(26-37-16-8-7-9-17-37)74-56(81)32-70-55(80)31-72-62(84)51(29-57(82)91-66(3,4)5)76-65(87)90-34-44-41-20-12-10-18-39(41)40-19-11-13-21-42(40)44/h7-13,16-21,27-28,44,48,50-51,88H,6,14-15,22-26,29-35H2,1-5H3,(H,69,79)(H,70,80)(H,71,83)(H,72,84)(H,73,78)(H,74,81)(H,76,87)/t48-,50-,51-,67-/m0/s1. The first kappa shape index (κ1) is 64.2. The molecule has 4 aromatic carbocycles. The summed E-state index contributed by atoms with van der Waals surface area (Å²) in [7, 11) is 0. The Morgan fingerprint density at radius 3 is 2.11 bits per heavy atom. The molecule has 2 aliphatic carbocycles. The zero-order valence-corrected chi connectivity index (χ0v) is 51.1. The topological polar surface area (TPSA) is 321 Å². The number of nitrogens with zero attached hydrogens (tertiary/aromatic N) is 2. The molecule has 23 nitrogen and oxygen atoms in total. The van der Waals surface area contributed by atoms with Crippen molar-refractivity contribution in [1.29, 1.82) is 0 Å². The highest BCUT2D eigenvalue weighted by atomic mass is 19.1. The van der Waals surface area contributed by atoms with E-state index in [1.54, 1.807) is 71.0 Å². The van der Waals surface area contributed by atoms with Crippen LogP contribution < -0.4 is 42.8 Å². The molecule has 2 aromatic heterocycles. The summed E-state index contributed by atoms with van der Waals surface area (Å²) in [4.78, 5) is 138. The lowest BCUT2D eigenvalue weighted by molar-refractivity contribution is -0.172. The maximum Gasteiger partial charge on any atom is 0.407 e. The second kappa shape index (κ2) is 27.1. The minimum atomic E-state index is -2.04. The van der Waals surface area contributed by atoms with E-state index in [9.17, 15) is 53.1 Å². The summed E-state index contributed by atoms with van der Waals surface area (Å²) in [5, 5.41) is 30.3. The molecular formula is C67H72FN9O14. The number of rotatable bonds is 23. The van der Waals surface area contributed by atoms with Crippen molar-refractivity contribution in [3.05, 3.63) is 157 Å². The molecule has 476 valence electrons. The molecule has 8 N–H and O–H groups in total. The Balaban J connectivity index is 0.685. The van der Waals surface area contributed by atoms with Gasteiger partial charge in [0.05, 0.1) is 61.1 Å². The number of benzene rings is 4. The van der Waals surface area contributed by atoms with Crippen molar-refractivity contribution >= 4 is 64.4 Å². The van der Waals surface area contributed by atoms with Crippen LogP contribution in [0.25, 0.3) is 33.4 Å². The van der Waals surface area contributed by atoms with Gasteiger partial charge in [-0.15, -0.1) is 0 Å². The number of nitrogens with one attached hydrogen (secondary N) is 7. The Morgan fingerprint density at radius 1 is 0.780 bits per heavy atom. The van der Waals surface area contributed by atoms with E-state index in [2.05, 4.69) is 37.2 Å². The van der Waals surface area contributed by atoms with Crippen LogP contribution in [0.2, 0.25) is 0 Å². The molecule has 7 amide bonds. The molecule has 0 fully saturated rings. The first-order valence-electron chi connectivity index (χ1n) is 30.4. The number of carbonyl (C=O) groups excluding carboxylic acids is 9. The fraction of sp³-hybridized carbons (Fsp3) is 0.388. The van der Waals surface area contributed by atoms with Gasteiger partial charge in [-0.2, -0.15) is 0 Å². The highest BCUT2D eigenvalue weighted by Crippen LogP contribution is 2.47. The summed E-state index contributed by atoms with van der Waals surface area (Å²) in [6.07, 6.45) is 0.108. The van der Waals surface area contributed by atoms with Gasteiger partial charge in [0.1, 0.15) is 36.7 Å². The number of hydrogen-bond acceptors (Lipinski definition) is 15. The SMILES string of the molecule is CC[C@@]1(O)C(=O)OCc2c1cc1n(c2=O)Cc2c-1nc1cc(F)c(C)c3c1c2[C@@H](NC(=O)CCCCNC(=O)CNC(=O)[C@H](Cc1ccccc1)NC(=O)CNC(=O)CNC(=O)[C@H](CC(=O)OC(C)(C)C)NC(=O)OCC1c2ccccc2-c2ccccc21)CC3. The van der Waals surface area contributed by atoms with Gasteiger partial charge >= 0.3 is 18.0 Å². The third kappa shape index (κ3) is 14.1. The third-order valence-corrected chi connectivity index (χ3v) is 16.8. The first-order chi connectivity index (χ1) is 43.5. The summed E-state index contributed by atoms with van der Waals surface area (Å²) in [6, 6.07) is 23.9. The van der Waals surface area contributed by atoms with Gasteiger partial charge in [-0.3, -0.25) is 38.4 Å².